The first-order chi connectivity index (χ1) is 10.3. The van der Waals surface area contributed by atoms with Gasteiger partial charge in [0, 0.05) is 25.2 Å². The molecule has 0 saturated carbocycles. The first-order valence-corrected chi connectivity index (χ1v) is 7.41. The number of rotatable bonds is 7. The van der Waals surface area contributed by atoms with E-state index in [4.69, 9.17) is 0 Å². The molecule has 0 aromatic heterocycles. The van der Waals surface area contributed by atoms with Crippen molar-refractivity contribution in [3.8, 4) is 0 Å². The molecule has 110 valence electrons. The van der Waals surface area contributed by atoms with E-state index in [1.807, 2.05) is 36.4 Å². The molecule has 21 heavy (non-hydrogen) atoms. The quantitative estimate of drug-likeness (QED) is 0.764. The Morgan fingerprint density at radius 2 is 1.76 bits per heavy atom. The zero-order valence-corrected chi connectivity index (χ0v) is 12.4. The van der Waals surface area contributed by atoms with Crippen LogP contribution in [0.4, 0.5) is 5.69 Å². The average molecular weight is 282 g/mol. The summed E-state index contributed by atoms with van der Waals surface area (Å²) < 4.78 is 0. The summed E-state index contributed by atoms with van der Waals surface area (Å²) >= 11 is 0. The molecule has 0 atom stereocenters. The third-order valence-corrected chi connectivity index (χ3v) is 3.32. The Balaban J connectivity index is 1.70. The first kappa shape index (κ1) is 15.3. The molecule has 3 heteroatoms. The highest BCUT2D eigenvalue weighted by atomic mass is 16.1. The Labute approximate surface area is 126 Å². The van der Waals surface area contributed by atoms with Crippen molar-refractivity contribution in [2.45, 2.75) is 26.3 Å². The fraction of sp³-hybridized carbons (Fsp3) is 0.278. The van der Waals surface area contributed by atoms with Crippen LogP contribution in [0.15, 0.2) is 54.6 Å². The van der Waals surface area contributed by atoms with Crippen LogP contribution in [-0.4, -0.2) is 12.5 Å². The van der Waals surface area contributed by atoms with Crippen LogP contribution >= 0.6 is 0 Å². The van der Waals surface area contributed by atoms with Crippen LogP contribution in [0.25, 0.3) is 0 Å². The van der Waals surface area contributed by atoms with Crippen LogP contribution in [0.5, 0.6) is 0 Å². The van der Waals surface area contributed by atoms with Crippen LogP contribution in [0, 0.1) is 0 Å². The molecule has 1 amide bonds. The number of benzene rings is 2. The fourth-order valence-electron chi connectivity index (χ4n) is 2.12. The molecule has 0 aliphatic carbocycles. The molecule has 0 unspecified atom stereocenters. The van der Waals surface area contributed by atoms with Gasteiger partial charge in [0.25, 0.3) is 0 Å². The van der Waals surface area contributed by atoms with E-state index in [9.17, 15) is 4.79 Å². The van der Waals surface area contributed by atoms with E-state index in [1.165, 1.54) is 11.1 Å². The van der Waals surface area contributed by atoms with Crippen LogP contribution in [0.3, 0.4) is 0 Å². The van der Waals surface area contributed by atoms with Gasteiger partial charge in [-0.3, -0.25) is 4.79 Å². The lowest BCUT2D eigenvalue weighted by Crippen LogP contribution is -2.21. The van der Waals surface area contributed by atoms with Gasteiger partial charge in [0.1, 0.15) is 0 Å². The number of amides is 1. The molecule has 2 aromatic rings. The highest BCUT2D eigenvalue weighted by molar-refractivity contribution is 5.90. The molecule has 0 aliphatic heterocycles. The molecule has 0 spiro atoms. The van der Waals surface area contributed by atoms with Gasteiger partial charge in [-0.05, 0) is 29.7 Å². The summed E-state index contributed by atoms with van der Waals surface area (Å²) in [5, 5.41) is 6.22. The summed E-state index contributed by atoms with van der Waals surface area (Å²) in [5.74, 6) is 0.0452. The lowest BCUT2D eigenvalue weighted by Gasteiger charge is -2.08. The number of carbonyl (C=O) groups is 1. The van der Waals surface area contributed by atoms with E-state index in [0.717, 1.165) is 18.7 Å². The van der Waals surface area contributed by atoms with Gasteiger partial charge < -0.3 is 10.6 Å². The third kappa shape index (κ3) is 5.40. The van der Waals surface area contributed by atoms with Gasteiger partial charge in [-0.2, -0.15) is 0 Å². The zero-order chi connectivity index (χ0) is 14.9. The molecular formula is C18H22N2O. The summed E-state index contributed by atoms with van der Waals surface area (Å²) in [5.41, 5.74) is 3.34. The van der Waals surface area contributed by atoms with Crippen molar-refractivity contribution >= 4 is 11.6 Å². The molecule has 2 N–H and O–H groups in total. The number of nitrogens with one attached hydrogen (secondary N) is 2. The standard InChI is InChI=1S/C18H22N2O/c1-2-15-9-6-10-17(13-15)20-18(21)11-12-19-14-16-7-4-3-5-8-16/h3-10,13,19H,2,11-12,14H2,1H3,(H,20,21). The summed E-state index contributed by atoms with van der Waals surface area (Å²) in [6.07, 6.45) is 1.45. The van der Waals surface area contributed by atoms with Gasteiger partial charge >= 0.3 is 0 Å². The van der Waals surface area contributed by atoms with E-state index >= 15 is 0 Å². The van der Waals surface area contributed by atoms with E-state index in [1.54, 1.807) is 0 Å². The average Bonchev–Trinajstić information content (AvgIpc) is 2.53. The SMILES string of the molecule is CCc1cccc(NC(=O)CCNCc2ccccc2)c1. The number of hydrogen-bond acceptors (Lipinski definition) is 2. The van der Waals surface area contributed by atoms with E-state index in [-0.39, 0.29) is 5.91 Å². The van der Waals surface area contributed by atoms with Crippen molar-refractivity contribution < 1.29 is 4.79 Å². The van der Waals surface area contributed by atoms with Crippen molar-refractivity contribution in [2.75, 3.05) is 11.9 Å². The summed E-state index contributed by atoms with van der Waals surface area (Å²) in [4.78, 5) is 11.9. The molecule has 0 heterocycles. The van der Waals surface area contributed by atoms with Crippen LogP contribution in [-0.2, 0) is 17.8 Å². The van der Waals surface area contributed by atoms with Gasteiger partial charge in [0.05, 0.1) is 0 Å². The van der Waals surface area contributed by atoms with Crippen molar-refractivity contribution in [3.63, 3.8) is 0 Å². The Morgan fingerprint density at radius 3 is 2.52 bits per heavy atom. The Morgan fingerprint density at radius 1 is 1.00 bits per heavy atom. The Bertz CT molecular complexity index is 566. The zero-order valence-electron chi connectivity index (χ0n) is 12.4. The van der Waals surface area contributed by atoms with Gasteiger partial charge in [-0.1, -0.05) is 49.4 Å². The van der Waals surface area contributed by atoms with Gasteiger partial charge in [-0.15, -0.1) is 0 Å². The molecule has 0 radical (unpaired) electrons. The second-order valence-corrected chi connectivity index (χ2v) is 5.01. The van der Waals surface area contributed by atoms with Crippen molar-refractivity contribution in [3.05, 3.63) is 65.7 Å². The van der Waals surface area contributed by atoms with Crippen molar-refractivity contribution in [1.82, 2.24) is 5.32 Å². The molecule has 0 bridgehead atoms. The smallest absolute Gasteiger partial charge is 0.225 e. The monoisotopic (exact) mass is 282 g/mol. The maximum atomic E-state index is 11.9. The van der Waals surface area contributed by atoms with E-state index in [2.05, 4.69) is 35.8 Å². The van der Waals surface area contributed by atoms with Gasteiger partial charge in [0.15, 0.2) is 0 Å². The topological polar surface area (TPSA) is 41.1 Å². The third-order valence-electron chi connectivity index (χ3n) is 3.32. The minimum Gasteiger partial charge on any atom is -0.326 e. The highest BCUT2D eigenvalue weighted by Gasteiger charge is 2.02. The molecule has 0 fully saturated rings. The molecule has 3 nitrogen and oxygen atoms in total. The summed E-state index contributed by atoms with van der Waals surface area (Å²) in [6, 6.07) is 18.2. The molecule has 0 saturated heterocycles. The van der Waals surface area contributed by atoms with Crippen LogP contribution < -0.4 is 10.6 Å². The lowest BCUT2D eigenvalue weighted by molar-refractivity contribution is -0.116. The Hall–Kier alpha value is -2.13. The number of aryl methyl sites for hydroxylation is 1. The predicted octanol–water partition coefficient (Wildman–Crippen LogP) is 3.37. The predicted molar refractivity (Wildman–Crippen MR) is 87.2 cm³/mol. The summed E-state index contributed by atoms with van der Waals surface area (Å²) in [7, 11) is 0. The first-order valence-electron chi connectivity index (χ1n) is 7.41. The van der Waals surface area contributed by atoms with Gasteiger partial charge in [0.2, 0.25) is 5.91 Å². The summed E-state index contributed by atoms with van der Waals surface area (Å²) in [6.45, 7) is 3.57. The molecule has 2 aromatic carbocycles. The Kier molecular flexibility index (Phi) is 5.98. The molecule has 0 aliphatic rings. The maximum Gasteiger partial charge on any atom is 0.225 e. The number of hydrogen-bond donors (Lipinski definition) is 2. The van der Waals surface area contributed by atoms with Crippen LogP contribution in [0.1, 0.15) is 24.5 Å². The van der Waals surface area contributed by atoms with E-state index < -0.39 is 0 Å². The minimum atomic E-state index is 0.0452. The second kappa shape index (κ2) is 8.22. The van der Waals surface area contributed by atoms with E-state index in [0.29, 0.717) is 13.0 Å². The highest BCUT2D eigenvalue weighted by Crippen LogP contribution is 2.11. The second-order valence-electron chi connectivity index (χ2n) is 5.01. The normalized spacial score (nSPS) is 10.3. The maximum absolute atomic E-state index is 11.9. The largest absolute Gasteiger partial charge is 0.326 e. The van der Waals surface area contributed by atoms with Gasteiger partial charge in [-0.25, -0.2) is 0 Å². The fourth-order valence-corrected chi connectivity index (χ4v) is 2.12. The molecule has 2 rings (SSSR count). The lowest BCUT2D eigenvalue weighted by atomic mass is 10.1. The van der Waals surface area contributed by atoms with Crippen molar-refractivity contribution in [2.24, 2.45) is 0 Å². The van der Waals surface area contributed by atoms with Crippen molar-refractivity contribution in [1.29, 1.82) is 0 Å². The number of anilines is 1. The van der Waals surface area contributed by atoms with Crippen LogP contribution in [0.2, 0.25) is 0 Å². The molecular weight excluding hydrogens is 260 g/mol. The number of carbonyl (C=O) groups excluding carboxylic acids is 1. The minimum absolute atomic E-state index is 0.0452.